The van der Waals surface area contributed by atoms with Crippen LogP contribution in [0, 0.1) is 12.8 Å². The fourth-order valence-electron chi connectivity index (χ4n) is 3.28. The predicted octanol–water partition coefficient (Wildman–Crippen LogP) is 2.09. The molecule has 2 aromatic heterocycles. The van der Waals surface area contributed by atoms with E-state index < -0.39 is 5.56 Å². The van der Waals surface area contributed by atoms with Gasteiger partial charge in [-0.15, -0.1) is 0 Å². The van der Waals surface area contributed by atoms with Crippen molar-refractivity contribution in [2.75, 3.05) is 5.73 Å². The van der Waals surface area contributed by atoms with Crippen LogP contribution in [0.4, 0.5) is 5.69 Å². The molecule has 0 aromatic carbocycles. The van der Waals surface area contributed by atoms with E-state index in [0.29, 0.717) is 17.4 Å². The third-order valence-electron chi connectivity index (χ3n) is 4.75. The van der Waals surface area contributed by atoms with Crippen molar-refractivity contribution in [2.45, 2.75) is 52.1 Å². The van der Waals surface area contributed by atoms with Crippen molar-refractivity contribution in [1.82, 2.24) is 15.1 Å². The predicted molar refractivity (Wildman–Crippen MR) is 94.9 cm³/mol. The Kier molecular flexibility index (Phi) is 4.92. The van der Waals surface area contributed by atoms with Gasteiger partial charge in [-0.1, -0.05) is 19.8 Å². The summed E-state index contributed by atoms with van der Waals surface area (Å²) in [6, 6.07) is 5.19. The van der Waals surface area contributed by atoms with E-state index in [1.807, 2.05) is 6.92 Å². The summed E-state index contributed by atoms with van der Waals surface area (Å²) in [4.78, 5) is 24.6. The number of aromatic nitrogens is 2. The Labute approximate surface area is 146 Å². The molecular formula is C18H24N4O3. The van der Waals surface area contributed by atoms with Crippen LogP contribution in [0.15, 0.2) is 27.4 Å². The van der Waals surface area contributed by atoms with Gasteiger partial charge >= 0.3 is 0 Å². The van der Waals surface area contributed by atoms with E-state index in [0.717, 1.165) is 29.7 Å². The summed E-state index contributed by atoms with van der Waals surface area (Å²) in [7, 11) is 0. The molecule has 3 rings (SSSR count). The fourth-order valence-corrected chi connectivity index (χ4v) is 3.28. The lowest BCUT2D eigenvalue weighted by molar-refractivity contribution is -0.123. The summed E-state index contributed by atoms with van der Waals surface area (Å²) >= 11 is 0. The standard InChI is InChI=1S/C18H24N4O3/c1-11-5-3-4-6-14(11)20-17(23)10-22-18(24)13(19)9-15(21-22)16-8-7-12(2)25-16/h7-9,11,14H,3-6,10,19H2,1-2H3,(H,20,23)/t11-,14-/m1/s1. The molecule has 0 bridgehead atoms. The first-order valence-corrected chi connectivity index (χ1v) is 8.68. The van der Waals surface area contributed by atoms with E-state index >= 15 is 0 Å². The molecule has 0 unspecified atom stereocenters. The van der Waals surface area contributed by atoms with Crippen LogP contribution in [-0.4, -0.2) is 21.7 Å². The zero-order valence-corrected chi connectivity index (χ0v) is 14.6. The molecule has 3 N–H and O–H groups in total. The number of nitrogen functional groups attached to an aromatic ring is 1. The second-order valence-electron chi connectivity index (χ2n) is 6.79. The van der Waals surface area contributed by atoms with Crippen molar-refractivity contribution < 1.29 is 9.21 Å². The molecule has 7 nitrogen and oxygen atoms in total. The van der Waals surface area contributed by atoms with Gasteiger partial charge < -0.3 is 15.5 Å². The van der Waals surface area contributed by atoms with E-state index in [1.165, 1.54) is 12.5 Å². The van der Waals surface area contributed by atoms with E-state index in [2.05, 4.69) is 17.3 Å². The largest absolute Gasteiger partial charge is 0.460 e. The first kappa shape index (κ1) is 17.3. The number of nitrogens with two attached hydrogens (primary N) is 1. The van der Waals surface area contributed by atoms with Crippen molar-refractivity contribution in [3.8, 4) is 11.5 Å². The number of aryl methyl sites for hydroxylation is 1. The Bertz CT molecular complexity index is 824. The molecule has 1 saturated carbocycles. The molecule has 0 spiro atoms. The number of hydrogen-bond acceptors (Lipinski definition) is 5. The zero-order chi connectivity index (χ0) is 18.0. The van der Waals surface area contributed by atoms with Crippen molar-refractivity contribution in [2.24, 2.45) is 5.92 Å². The molecule has 134 valence electrons. The van der Waals surface area contributed by atoms with E-state index in [1.54, 1.807) is 12.1 Å². The smallest absolute Gasteiger partial charge is 0.290 e. The van der Waals surface area contributed by atoms with Gasteiger partial charge in [-0.3, -0.25) is 9.59 Å². The number of carbonyl (C=O) groups is 1. The zero-order valence-electron chi connectivity index (χ0n) is 14.6. The number of hydrogen-bond donors (Lipinski definition) is 2. The molecule has 1 aliphatic rings. The molecule has 2 aromatic rings. The number of carbonyl (C=O) groups excluding carboxylic acids is 1. The summed E-state index contributed by atoms with van der Waals surface area (Å²) in [5, 5.41) is 7.26. The molecule has 1 amide bonds. The van der Waals surface area contributed by atoms with Crippen molar-refractivity contribution in [3.63, 3.8) is 0 Å². The lowest BCUT2D eigenvalue weighted by Gasteiger charge is -2.29. The topological polar surface area (TPSA) is 103 Å². The second-order valence-corrected chi connectivity index (χ2v) is 6.79. The van der Waals surface area contributed by atoms with Crippen LogP contribution in [0.2, 0.25) is 0 Å². The van der Waals surface area contributed by atoms with Crippen LogP contribution in [0.3, 0.4) is 0 Å². The summed E-state index contributed by atoms with van der Waals surface area (Å²) < 4.78 is 6.63. The molecule has 2 atom stereocenters. The number of amides is 1. The van der Waals surface area contributed by atoms with Crippen LogP contribution in [0.1, 0.15) is 38.4 Å². The first-order chi connectivity index (χ1) is 11.9. The average Bonchev–Trinajstić information content (AvgIpc) is 3.00. The highest BCUT2D eigenvalue weighted by molar-refractivity contribution is 5.76. The van der Waals surface area contributed by atoms with Gasteiger partial charge in [0.05, 0.1) is 0 Å². The Morgan fingerprint density at radius 2 is 2.16 bits per heavy atom. The van der Waals surface area contributed by atoms with Gasteiger partial charge in [-0.2, -0.15) is 5.10 Å². The van der Waals surface area contributed by atoms with Crippen LogP contribution in [0.5, 0.6) is 0 Å². The SMILES string of the molecule is Cc1ccc(-c2cc(N)c(=O)n(CC(=O)N[C@@H]3CCCC[C@H]3C)n2)o1. The van der Waals surface area contributed by atoms with Crippen LogP contribution >= 0.6 is 0 Å². The Hall–Kier alpha value is -2.57. The lowest BCUT2D eigenvalue weighted by Crippen LogP contribution is -2.44. The van der Waals surface area contributed by atoms with Crippen LogP contribution in [-0.2, 0) is 11.3 Å². The molecule has 0 saturated heterocycles. The number of nitrogens with zero attached hydrogens (tertiary/aromatic N) is 2. The maximum Gasteiger partial charge on any atom is 0.290 e. The maximum atomic E-state index is 12.4. The Morgan fingerprint density at radius 3 is 2.84 bits per heavy atom. The molecule has 0 radical (unpaired) electrons. The summed E-state index contributed by atoms with van der Waals surface area (Å²) in [6.45, 7) is 3.81. The minimum Gasteiger partial charge on any atom is -0.460 e. The average molecular weight is 344 g/mol. The lowest BCUT2D eigenvalue weighted by atomic mass is 9.86. The molecular weight excluding hydrogens is 320 g/mol. The van der Waals surface area contributed by atoms with Crippen molar-refractivity contribution >= 4 is 11.6 Å². The second kappa shape index (κ2) is 7.13. The van der Waals surface area contributed by atoms with Crippen LogP contribution in [0.25, 0.3) is 11.5 Å². The van der Waals surface area contributed by atoms with Crippen molar-refractivity contribution in [1.29, 1.82) is 0 Å². The third kappa shape index (κ3) is 3.92. The number of furan rings is 1. The Morgan fingerprint density at radius 1 is 1.40 bits per heavy atom. The highest BCUT2D eigenvalue weighted by Gasteiger charge is 2.23. The first-order valence-electron chi connectivity index (χ1n) is 8.68. The summed E-state index contributed by atoms with van der Waals surface area (Å²) in [5.41, 5.74) is 5.80. The molecule has 0 aliphatic heterocycles. The molecule has 25 heavy (non-hydrogen) atoms. The molecule has 1 aliphatic carbocycles. The summed E-state index contributed by atoms with van der Waals surface area (Å²) in [6.07, 6.45) is 4.41. The Balaban J connectivity index is 1.78. The molecule has 7 heteroatoms. The quantitative estimate of drug-likeness (QED) is 0.884. The molecule has 1 fully saturated rings. The van der Waals surface area contributed by atoms with E-state index in [4.69, 9.17) is 10.2 Å². The van der Waals surface area contributed by atoms with Gasteiger partial charge in [0, 0.05) is 6.04 Å². The maximum absolute atomic E-state index is 12.4. The fraction of sp³-hybridized carbons (Fsp3) is 0.500. The monoisotopic (exact) mass is 344 g/mol. The van der Waals surface area contributed by atoms with Gasteiger partial charge in [0.2, 0.25) is 5.91 Å². The highest BCUT2D eigenvalue weighted by atomic mass is 16.3. The van der Waals surface area contributed by atoms with Crippen LogP contribution < -0.4 is 16.6 Å². The summed E-state index contributed by atoms with van der Waals surface area (Å²) in [5.74, 6) is 1.47. The number of rotatable bonds is 4. The van der Waals surface area contributed by atoms with E-state index in [-0.39, 0.29) is 24.2 Å². The third-order valence-corrected chi connectivity index (χ3v) is 4.75. The van der Waals surface area contributed by atoms with Gasteiger partial charge in [0.15, 0.2) is 5.76 Å². The van der Waals surface area contributed by atoms with Crippen molar-refractivity contribution in [3.05, 3.63) is 34.3 Å². The normalized spacial score (nSPS) is 20.4. The molecule has 2 heterocycles. The number of anilines is 1. The number of nitrogens with one attached hydrogen (secondary N) is 1. The van der Waals surface area contributed by atoms with Gasteiger partial charge in [-0.05, 0) is 43.9 Å². The van der Waals surface area contributed by atoms with Gasteiger partial charge in [0.25, 0.3) is 5.56 Å². The van der Waals surface area contributed by atoms with E-state index in [9.17, 15) is 9.59 Å². The van der Waals surface area contributed by atoms with Gasteiger partial charge in [-0.25, -0.2) is 4.68 Å². The minimum atomic E-state index is -0.473. The minimum absolute atomic E-state index is 0.0397. The highest BCUT2D eigenvalue weighted by Crippen LogP contribution is 2.23. The van der Waals surface area contributed by atoms with Gasteiger partial charge in [0.1, 0.15) is 23.7 Å².